The van der Waals surface area contributed by atoms with Crippen LogP contribution >= 0.6 is 0 Å². The minimum Gasteiger partial charge on any atom is -0.207 e. The van der Waals surface area contributed by atoms with Crippen molar-refractivity contribution in [3.63, 3.8) is 0 Å². The summed E-state index contributed by atoms with van der Waals surface area (Å²) >= 11 is 0. The van der Waals surface area contributed by atoms with Gasteiger partial charge in [-0.25, -0.2) is 4.39 Å². The third kappa shape index (κ3) is 1.97. The molecule has 80 valence electrons. The molecule has 0 radical (unpaired) electrons. The van der Waals surface area contributed by atoms with Crippen LogP contribution in [0, 0.1) is 5.82 Å². The lowest BCUT2D eigenvalue weighted by atomic mass is 9.78. The highest BCUT2D eigenvalue weighted by atomic mass is 19.1. The molecule has 0 aromatic heterocycles. The maximum atomic E-state index is 12.9. The Bertz CT molecular complexity index is 342. The van der Waals surface area contributed by atoms with Gasteiger partial charge in [0.25, 0.3) is 0 Å². The van der Waals surface area contributed by atoms with E-state index in [2.05, 4.69) is 19.1 Å². The molecule has 1 aliphatic carbocycles. The lowest BCUT2D eigenvalue weighted by Crippen LogP contribution is -2.18. The second-order valence-corrected chi connectivity index (χ2v) is 4.37. The molecule has 1 aromatic carbocycles. The Morgan fingerprint density at radius 3 is 2.27 bits per heavy atom. The van der Waals surface area contributed by atoms with Gasteiger partial charge in [-0.05, 0) is 37.5 Å². The highest BCUT2D eigenvalue weighted by Gasteiger charge is 2.32. The average Bonchev–Trinajstić information content (AvgIpc) is 2.69. The minimum atomic E-state index is -0.146. The van der Waals surface area contributed by atoms with Gasteiger partial charge >= 0.3 is 0 Å². The second-order valence-electron chi connectivity index (χ2n) is 4.37. The van der Waals surface area contributed by atoms with Gasteiger partial charge in [-0.1, -0.05) is 37.1 Å². The van der Waals surface area contributed by atoms with E-state index in [1.54, 1.807) is 12.1 Å². The summed E-state index contributed by atoms with van der Waals surface area (Å²) in [7, 11) is 0. The van der Waals surface area contributed by atoms with Crippen molar-refractivity contribution < 1.29 is 4.39 Å². The summed E-state index contributed by atoms with van der Waals surface area (Å²) < 4.78 is 12.9. The normalized spacial score (nSPS) is 19.9. The molecule has 0 aliphatic heterocycles. The van der Waals surface area contributed by atoms with Gasteiger partial charge in [0.1, 0.15) is 5.82 Å². The predicted molar refractivity (Wildman–Crippen MR) is 61.4 cm³/mol. The highest BCUT2D eigenvalue weighted by molar-refractivity contribution is 5.32. The standard InChI is InChI=1S/C14H17F/c1-2-9-14(10-3-4-11-14)12-5-7-13(15)8-6-12/h2,5-9H,3-4,10-11H2,1H3/b9-2+. The summed E-state index contributed by atoms with van der Waals surface area (Å²) in [5.41, 5.74) is 1.45. The van der Waals surface area contributed by atoms with Gasteiger partial charge in [-0.15, -0.1) is 0 Å². The Balaban J connectivity index is 2.36. The van der Waals surface area contributed by atoms with E-state index >= 15 is 0 Å². The predicted octanol–water partition coefficient (Wildman–Crippen LogP) is 4.21. The molecule has 15 heavy (non-hydrogen) atoms. The highest BCUT2D eigenvalue weighted by Crippen LogP contribution is 2.42. The van der Waals surface area contributed by atoms with E-state index < -0.39 is 0 Å². The summed E-state index contributed by atoms with van der Waals surface area (Å²) in [5, 5.41) is 0. The Morgan fingerprint density at radius 2 is 1.73 bits per heavy atom. The molecular weight excluding hydrogens is 187 g/mol. The molecular formula is C14H17F. The monoisotopic (exact) mass is 204 g/mol. The van der Waals surface area contributed by atoms with Crippen molar-refractivity contribution in [2.24, 2.45) is 0 Å². The summed E-state index contributed by atoms with van der Waals surface area (Å²) in [6.07, 6.45) is 9.36. The lowest BCUT2D eigenvalue weighted by molar-refractivity contribution is 0.553. The average molecular weight is 204 g/mol. The van der Waals surface area contributed by atoms with Crippen LogP contribution in [0.4, 0.5) is 4.39 Å². The summed E-state index contributed by atoms with van der Waals surface area (Å²) in [6.45, 7) is 2.06. The molecule has 0 N–H and O–H groups in total. The van der Waals surface area contributed by atoms with E-state index in [1.807, 2.05) is 12.1 Å². The summed E-state index contributed by atoms with van der Waals surface area (Å²) in [6, 6.07) is 7.00. The van der Waals surface area contributed by atoms with Crippen LogP contribution in [-0.2, 0) is 5.41 Å². The maximum Gasteiger partial charge on any atom is 0.123 e. The molecule has 1 aromatic rings. The van der Waals surface area contributed by atoms with Crippen molar-refractivity contribution in [2.45, 2.75) is 38.0 Å². The number of allylic oxidation sites excluding steroid dienone is 2. The second kappa shape index (κ2) is 4.18. The fraction of sp³-hybridized carbons (Fsp3) is 0.429. The zero-order valence-corrected chi connectivity index (χ0v) is 9.17. The number of halogens is 1. The van der Waals surface area contributed by atoms with Crippen LogP contribution in [0.5, 0.6) is 0 Å². The molecule has 0 amide bonds. The summed E-state index contributed by atoms with van der Waals surface area (Å²) in [5.74, 6) is -0.146. The number of hydrogen-bond donors (Lipinski definition) is 0. The zero-order chi connectivity index (χ0) is 10.7. The first-order valence-electron chi connectivity index (χ1n) is 5.67. The Morgan fingerprint density at radius 1 is 1.13 bits per heavy atom. The third-order valence-corrected chi connectivity index (χ3v) is 3.40. The molecule has 0 atom stereocenters. The van der Waals surface area contributed by atoms with Crippen LogP contribution in [0.3, 0.4) is 0 Å². The number of benzene rings is 1. The van der Waals surface area contributed by atoms with Crippen LogP contribution in [-0.4, -0.2) is 0 Å². The molecule has 0 spiro atoms. The smallest absolute Gasteiger partial charge is 0.123 e. The van der Waals surface area contributed by atoms with E-state index in [0.29, 0.717) is 0 Å². The first-order chi connectivity index (χ1) is 7.27. The molecule has 1 fully saturated rings. The molecule has 0 nitrogen and oxygen atoms in total. The molecule has 1 aliphatic rings. The SMILES string of the molecule is C/C=C/C1(c2ccc(F)cc2)CCCC1. The third-order valence-electron chi connectivity index (χ3n) is 3.40. The van der Waals surface area contributed by atoms with E-state index in [1.165, 1.54) is 31.2 Å². The first-order valence-corrected chi connectivity index (χ1v) is 5.67. The zero-order valence-electron chi connectivity index (χ0n) is 9.17. The van der Waals surface area contributed by atoms with E-state index in [0.717, 1.165) is 0 Å². The quantitative estimate of drug-likeness (QED) is 0.633. The van der Waals surface area contributed by atoms with Crippen LogP contribution in [0.25, 0.3) is 0 Å². The van der Waals surface area contributed by atoms with Crippen LogP contribution < -0.4 is 0 Å². The fourth-order valence-corrected chi connectivity index (χ4v) is 2.66. The van der Waals surface area contributed by atoms with Crippen molar-refractivity contribution in [3.8, 4) is 0 Å². The van der Waals surface area contributed by atoms with Gasteiger partial charge < -0.3 is 0 Å². The van der Waals surface area contributed by atoms with E-state index in [-0.39, 0.29) is 11.2 Å². The topological polar surface area (TPSA) is 0 Å². The summed E-state index contributed by atoms with van der Waals surface area (Å²) in [4.78, 5) is 0. The number of rotatable bonds is 2. The maximum absolute atomic E-state index is 12.9. The molecule has 1 saturated carbocycles. The molecule has 0 heterocycles. The van der Waals surface area contributed by atoms with Gasteiger partial charge in [0.2, 0.25) is 0 Å². The Labute approximate surface area is 90.8 Å². The van der Waals surface area contributed by atoms with Crippen molar-refractivity contribution >= 4 is 0 Å². The largest absolute Gasteiger partial charge is 0.207 e. The van der Waals surface area contributed by atoms with Gasteiger partial charge in [0.05, 0.1) is 0 Å². The van der Waals surface area contributed by atoms with Crippen molar-refractivity contribution in [2.75, 3.05) is 0 Å². The van der Waals surface area contributed by atoms with E-state index in [4.69, 9.17) is 0 Å². The molecule has 0 unspecified atom stereocenters. The van der Waals surface area contributed by atoms with Crippen molar-refractivity contribution in [3.05, 3.63) is 47.8 Å². The van der Waals surface area contributed by atoms with Gasteiger partial charge in [-0.2, -0.15) is 0 Å². The van der Waals surface area contributed by atoms with Crippen LogP contribution in [0.1, 0.15) is 38.2 Å². The van der Waals surface area contributed by atoms with Crippen LogP contribution in [0.15, 0.2) is 36.4 Å². The van der Waals surface area contributed by atoms with E-state index in [9.17, 15) is 4.39 Å². The molecule has 2 rings (SSSR count). The first kappa shape index (κ1) is 10.4. The van der Waals surface area contributed by atoms with Crippen LogP contribution in [0.2, 0.25) is 0 Å². The lowest BCUT2D eigenvalue weighted by Gasteiger charge is -2.25. The van der Waals surface area contributed by atoms with Gasteiger partial charge in [0.15, 0.2) is 0 Å². The van der Waals surface area contributed by atoms with Crippen molar-refractivity contribution in [1.82, 2.24) is 0 Å². The molecule has 0 saturated heterocycles. The molecule has 1 heteroatoms. The Kier molecular flexibility index (Phi) is 2.90. The Hall–Kier alpha value is -1.11. The van der Waals surface area contributed by atoms with Crippen molar-refractivity contribution in [1.29, 1.82) is 0 Å². The van der Waals surface area contributed by atoms with Gasteiger partial charge in [0, 0.05) is 5.41 Å². The molecule has 0 bridgehead atoms. The van der Waals surface area contributed by atoms with Gasteiger partial charge in [-0.3, -0.25) is 0 Å². The number of hydrogen-bond acceptors (Lipinski definition) is 0. The minimum absolute atomic E-state index is 0.146. The fourth-order valence-electron chi connectivity index (χ4n) is 2.66.